The van der Waals surface area contributed by atoms with Gasteiger partial charge in [0.15, 0.2) is 0 Å². The molecule has 0 heterocycles. The molecular weight excluding hydrogens is 320 g/mol. The molecule has 0 radical (unpaired) electrons. The van der Waals surface area contributed by atoms with E-state index in [1.165, 1.54) is 18.2 Å². The molecule has 1 aromatic rings. The molecule has 0 atom stereocenters. The predicted octanol–water partition coefficient (Wildman–Crippen LogP) is -0.510. The van der Waals surface area contributed by atoms with E-state index in [0.29, 0.717) is 12.8 Å². The molecule has 116 valence electrons. The minimum atomic E-state index is -4.23. The summed E-state index contributed by atoms with van der Waals surface area (Å²) >= 11 is 0. The third-order valence-electron chi connectivity index (χ3n) is 2.74. The normalized spacial score (nSPS) is 15.8. The molecule has 2 rings (SSSR count). The van der Waals surface area contributed by atoms with Gasteiger partial charge in [-0.1, -0.05) is 12.1 Å². The van der Waals surface area contributed by atoms with E-state index in [1.807, 2.05) is 4.72 Å². The SMILES string of the molecule is O=C(O)CNS(=O)(=O)c1ccccc1S(=O)(=O)NC1CC1. The molecule has 10 heteroatoms. The van der Waals surface area contributed by atoms with Gasteiger partial charge in [0.2, 0.25) is 20.0 Å². The molecular formula is C11H14N2O6S2. The highest BCUT2D eigenvalue weighted by molar-refractivity contribution is 7.92. The monoisotopic (exact) mass is 334 g/mol. The maximum atomic E-state index is 12.2. The molecule has 1 saturated carbocycles. The summed E-state index contributed by atoms with van der Waals surface area (Å²) < 4.78 is 52.6. The van der Waals surface area contributed by atoms with Crippen LogP contribution in [0.5, 0.6) is 0 Å². The zero-order chi connectivity index (χ0) is 15.7. The highest BCUT2D eigenvalue weighted by atomic mass is 32.2. The highest BCUT2D eigenvalue weighted by Gasteiger charge is 2.32. The van der Waals surface area contributed by atoms with Crippen molar-refractivity contribution in [3.63, 3.8) is 0 Å². The average Bonchev–Trinajstić information content (AvgIpc) is 3.20. The molecule has 0 bridgehead atoms. The van der Waals surface area contributed by atoms with E-state index < -0.39 is 42.4 Å². The lowest BCUT2D eigenvalue weighted by Gasteiger charge is -2.11. The first-order chi connectivity index (χ1) is 9.72. The molecule has 0 spiro atoms. The average molecular weight is 334 g/mol. The van der Waals surface area contributed by atoms with Crippen LogP contribution in [0.25, 0.3) is 0 Å². The Hall–Kier alpha value is -1.49. The van der Waals surface area contributed by atoms with Crippen LogP contribution < -0.4 is 9.44 Å². The Kier molecular flexibility index (Phi) is 4.33. The van der Waals surface area contributed by atoms with Crippen molar-refractivity contribution in [3.05, 3.63) is 24.3 Å². The third kappa shape index (κ3) is 4.00. The van der Waals surface area contributed by atoms with Gasteiger partial charge in [-0.3, -0.25) is 4.79 Å². The summed E-state index contributed by atoms with van der Waals surface area (Å²) in [6.45, 7) is -0.827. The second-order valence-corrected chi connectivity index (χ2v) is 7.98. The van der Waals surface area contributed by atoms with Crippen molar-refractivity contribution >= 4 is 26.0 Å². The lowest BCUT2D eigenvalue weighted by atomic mass is 10.4. The van der Waals surface area contributed by atoms with E-state index in [9.17, 15) is 21.6 Å². The van der Waals surface area contributed by atoms with Crippen LogP contribution in [-0.2, 0) is 24.8 Å². The number of benzene rings is 1. The Balaban J connectivity index is 2.38. The van der Waals surface area contributed by atoms with Gasteiger partial charge in [0, 0.05) is 6.04 Å². The van der Waals surface area contributed by atoms with Gasteiger partial charge in [0.05, 0.1) is 0 Å². The van der Waals surface area contributed by atoms with Gasteiger partial charge < -0.3 is 5.11 Å². The van der Waals surface area contributed by atoms with Crippen molar-refractivity contribution in [1.29, 1.82) is 0 Å². The molecule has 1 fully saturated rings. The zero-order valence-corrected chi connectivity index (χ0v) is 12.4. The summed E-state index contributed by atoms with van der Waals surface area (Å²) in [6, 6.07) is 4.88. The van der Waals surface area contributed by atoms with Crippen LogP contribution in [0.3, 0.4) is 0 Å². The van der Waals surface area contributed by atoms with E-state index in [1.54, 1.807) is 0 Å². The van der Waals surface area contributed by atoms with Gasteiger partial charge in [-0.15, -0.1) is 0 Å². The van der Waals surface area contributed by atoms with Gasteiger partial charge >= 0.3 is 5.97 Å². The number of rotatable bonds is 7. The zero-order valence-electron chi connectivity index (χ0n) is 10.8. The molecule has 0 aromatic heterocycles. The summed E-state index contributed by atoms with van der Waals surface area (Å²) in [5.41, 5.74) is 0. The van der Waals surface area contributed by atoms with Crippen LogP contribution in [0.1, 0.15) is 12.8 Å². The lowest BCUT2D eigenvalue weighted by molar-refractivity contribution is -0.135. The summed E-state index contributed by atoms with van der Waals surface area (Å²) in [5.74, 6) is -1.37. The Morgan fingerprint density at radius 3 is 2.10 bits per heavy atom. The largest absolute Gasteiger partial charge is 0.480 e. The van der Waals surface area contributed by atoms with E-state index >= 15 is 0 Å². The second-order valence-electron chi connectivity index (χ2n) is 4.56. The van der Waals surface area contributed by atoms with Gasteiger partial charge in [0.1, 0.15) is 16.3 Å². The molecule has 1 aliphatic rings. The Morgan fingerprint density at radius 2 is 1.62 bits per heavy atom. The van der Waals surface area contributed by atoms with Crippen molar-refractivity contribution in [1.82, 2.24) is 9.44 Å². The number of aliphatic carboxylic acids is 1. The number of hydrogen-bond donors (Lipinski definition) is 3. The number of hydrogen-bond acceptors (Lipinski definition) is 5. The molecule has 0 amide bonds. The molecule has 1 aliphatic carbocycles. The van der Waals surface area contributed by atoms with Crippen LogP contribution >= 0.6 is 0 Å². The molecule has 8 nitrogen and oxygen atoms in total. The molecule has 3 N–H and O–H groups in total. The van der Waals surface area contributed by atoms with Crippen molar-refractivity contribution in [3.8, 4) is 0 Å². The fraction of sp³-hybridized carbons (Fsp3) is 0.364. The van der Waals surface area contributed by atoms with Gasteiger partial charge in [-0.25, -0.2) is 21.6 Å². The van der Waals surface area contributed by atoms with Crippen molar-refractivity contribution in [2.24, 2.45) is 0 Å². The molecule has 21 heavy (non-hydrogen) atoms. The Morgan fingerprint density at radius 1 is 1.10 bits per heavy atom. The summed E-state index contributed by atoms with van der Waals surface area (Å²) in [5, 5.41) is 8.52. The Labute approximate surface area is 122 Å². The standard InChI is InChI=1S/C11H14N2O6S2/c14-11(15)7-12-20(16,17)9-3-1-2-4-10(9)21(18,19)13-8-5-6-8/h1-4,8,12-13H,5-7H2,(H,14,15). The van der Waals surface area contributed by atoms with Crippen molar-refractivity contribution in [2.75, 3.05) is 6.54 Å². The van der Waals surface area contributed by atoms with E-state index in [0.717, 1.165) is 6.07 Å². The lowest BCUT2D eigenvalue weighted by Crippen LogP contribution is -2.32. The quantitative estimate of drug-likeness (QED) is 0.616. The van der Waals surface area contributed by atoms with E-state index in [-0.39, 0.29) is 6.04 Å². The van der Waals surface area contributed by atoms with Crippen LogP contribution in [0.4, 0.5) is 0 Å². The number of nitrogens with one attached hydrogen (secondary N) is 2. The number of carbonyl (C=O) groups is 1. The first kappa shape index (κ1) is 15.9. The molecule has 0 saturated heterocycles. The van der Waals surface area contributed by atoms with E-state index in [4.69, 9.17) is 5.11 Å². The second kappa shape index (κ2) is 5.72. The fourth-order valence-electron chi connectivity index (χ4n) is 1.61. The summed E-state index contributed by atoms with van der Waals surface area (Å²) in [6.07, 6.45) is 1.43. The van der Waals surface area contributed by atoms with Gasteiger partial charge in [-0.2, -0.15) is 4.72 Å². The maximum absolute atomic E-state index is 12.2. The van der Waals surface area contributed by atoms with Crippen LogP contribution in [0.2, 0.25) is 0 Å². The van der Waals surface area contributed by atoms with E-state index in [2.05, 4.69) is 4.72 Å². The third-order valence-corrected chi connectivity index (χ3v) is 5.91. The van der Waals surface area contributed by atoms with Crippen LogP contribution in [0, 0.1) is 0 Å². The smallest absolute Gasteiger partial charge is 0.318 e. The summed E-state index contributed by atoms with van der Waals surface area (Å²) in [7, 11) is -8.20. The first-order valence-corrected chi connectivity index (χ1v) is 9.02. The minimum absolute atomic E-state index is 0.169. The van der Waals surface area contributed by atoms with Gasteiger partial charge in [-0.05, 0) is 25.0 Å². The highest BCUT2D eigenvalue weighted by Crippen LogP contribution is 2.25. The topological polar surface area (TPSA) is 130 Å². The molecule has 0 unspecified atom stereocenters. The minimum Gasteiger partial charge on any atom is -0.480 e. The fourth-order valence-corrected chi connectivity index (χ4v) is 4.72. The number of sulfonamides is 2. The molecule has 0 aliphatic heterocycles. The van der Waals surface area contributed by atoms with Crippen molar-refractivity contribution in [2.45, 2.75) is 28.7 Å². The summed E-state index contributed by atoms with van der Waals surface area (Å²) in [4.78, 5) is 9.59. The van der Waals surface area contributed by atoms with Crippen LogP contribution in [-0.4, -0.2) is 40.5 Å². The first-order valence-electron chi connectivity index (χ1n) is 6.05. The number of carboxylic acid groups (broad SMARTS) is 1. The molecule has 1 aromatic carbocycles. The number of carboxylic acids is 1. The van der Waals surface area contributed by atoms with Crippen LogP contribution in [0.15, 0.2) is 34.1 Å². The Bertz CT molecular complexity index is 753. The van der Waals surface area contributed by atoms with Gasteiger partial charge in [0.25, 0.3) is 0 Å². The van der Waals surface area contributed by atoms with Crippen molar-refractivity contribution < 1.29 is 26.7 Å². The predicted molar refractivity (Wildman–Crippen MR) is 72.6 cm³/mol. The maximum Gasteiger partial charge on any atom is 0.318 e.